The van der Waals surface area contributed by atoms with Gasteiger partial charge in [0.2, 0.25) is 0 Å². The third-order valence-electron chi connectivity index (χ3n) is 13.0. The van der Waals surface area contributed by atoms with Gasteiger partial charge in [0.25, 0.3) is 0 Å². The number of carbonyl (C=O) groups excluding carboxylic acids is 4. The van der Waals surface area contributed by atoms with Crippen LogP contribution in [0.1, 0.15) is 139 Å². The molecule has 6 atom stereocenters. The highest BCUT2D eigenvalue weighted by molar-refractivity contribution is 5.85. The Labute approximate surface area is 391 Å². The molecule has 0 aromatic heterocycles. The molecule has 1 aliphatic heterocycles. The maximum Gasteiger partial charge on any atom is 0.317 e. The number of rotatable bonds is 25. The monoisotopic (exact) mass is 923 g/mol. The fraction of sp³-hybridized carbons (Fsp3) is 0.635. The summed E-state index contributed by atoms with van der Waals surface area (Å²) < 4.78 is 46.3. The Balaban J connectivity index is 1.69. The van der Waals surface area contributed by atoms with Gasteiger partial charge in [0.05, 0.1) is 40.8 Å². The molecule has 0 spiro atoms. The van der Waals surface area contributed by atoms with Crippen molar-refractivity contribution in [1.29, 1.82) is 0 Å². The zero-order valence-corrected chi connectivity index (χ0v) is 40.7. The number of carboxylic acids is 1. The van der Waals surface area contributed by atoms with Gasteiger partial charge in [-0.05, 0) is 167 Å². The molecule has 14 nitrogen and oxygen atoms in total. The minimum atomic E-state index is -1.83. The highest BCUT2D eigenvalue weighted by Gasteiger charge is 2.54. The molecular weight excluding hydrogens is 849 g/mol. The number of methoxy groups -OCH3 is 1. The predicted octanol–water partition coefficient (Wildman–Crippen LogP) is 10.2. The lowest BCUT2D eigenvalue weighted by Gasteiger charge is -2.43. The van der Waals surface area contributed by atoms with Crippen LogP contribution >= 0.6 is 0 Å². The standard InChI is InChI=1S/C52H74O14/c1-11-48(4,5)66-41-27-25-40(26-28-41)64-46(57)49(6,12-2)33-52(9,47(58)65-39-23-21-38(22-24-39)62-42-20-16-17-29-60-42)35-51(8,44(54)55)34-50(7,45(56)61-31-30-59-10)32-36(3)43(53)63-37-18-14-13-15-19-37/h11,21-28,36-37,42H,1,12-20,29-35H2,2-10H3,(H,54,55). The van der Waals surface area contributed by atoms with Gasteiger partial charge in [0.1, 0.15) is 41.3 Å². The van der Waals surface area contributed by atoms with Crippen LogP contribution in [0.4, 0.5) is 0 Å². The molecule has 2 aromatic carbocycles. The highest BCUT2D eigenvalue weighted by atomic mass is 16.7. The lowest BCUT2D eigenvalue weighted by Crippen LogP contribution is -2.48. The molecule has 14 heteroatoms. The molecule has 1 N–H and O–H groups in total. The van der Waals surface area contributed by atoms with E-state index in [9.17, 15) is 29.1 Å². The van der Waals surface area contributed by atoms with Gasteiger partial charge in [-0.3, -0.25) is 24.0 Å². The summed E-state index contributed by atoms with van der Waals surface area (Å²) in [4.78, 5) is 70.4. The fourth-order valence-electron chi connectivity index (χ4n) is 9.11. The van der Waals surface area contributed by atoms with Crippen molar-refractivity contribution in [2.75, 3.05) is 26.9 Å². The van der Waals surface area contributed by atoms with Gasteiger partial charge in [-0.1, -0.05) is 26.8 Å². The number of hydrogen-bond acceptors (Lipinski definition) is 13. The van der Waals surface area contributed by atoms with Crippen molar-refractivity contribution in [3.05, 3.63) is 61.2 Å². The molecule has 0 bridgehead atoms. The lowest BCUT2D eigenvalue weighted by atomic mass is 9.60. The molecule has 2 fully saturated rings. The van der Waals surface area contributed by atoms with Crippen LogP contribution in [0, 0.1) is 27.6 Å². The van der Waals surface area contributed by atoms with Crippen LogP contribution in [0.15, 0.2) is 61.2 Å². The van der Waals surface area contributed by atoms with Gasteiger partial charge >= 0.3 is 29.8 Å². The van der Waals surface area contributed by atoms with Crippen LogP contribution in [0.25, 0.3) is 0 Å². The van der Waals surface area contributed by atoms with Crippen molar-refractivity contribution in [1.82, 2.24) is 0 Å². The minimum absolute atomic E-state index is 0.0946. The van der Waals surface area contributed by atoms with E-state index in [0.717, 1.165) is 51.4 Å². The summed E-state index contributed by atoms with van der Waals surface area (Å²) in [5.74, 6) is -3.30. The van der Waals surface area contributed by atoms with E-state index in [1.54, 1.807) is 89.2 Å². The largest absolute Gasteiger partial charge is 0.484 e. The van der Waals surface area contributed by atoms with Crippen LogP contribution in [0.3, 0.4) is 0 Å². The van der Waals surface area contributed by atoms with E-state index in [4.69, 9.17) is 37.9 Å². The van der Waals surface area contributed by atoms with Crippen LogP contribution < -0.4 is 18.9 Å². The lowest BCUT2D eigenvalue weighted by molar-refractivity contribution is -0.168. The first-order chi connectivity index (χ1) is 31.1. The molecule has 0 radical (unpaired) electrons. The summed E-state index contributed by atoms with van der Waals surface area (Å²) in [6, 6.07) is 13.0. The number of carboxylic acid groups (broad SMARTS) is 1. The number of aliphatic carboxylic acids is 1. The zero-order valence-electron chi connectivity index (χ0n) is 40.7. The first-order valence-electron chi connectivity index (χ1n) is 23.4. The van der Waals surface area contributed by atoms with Gasteiger partial charge in [0, 0.05) is 13.5 Å². The van der Waals surface area contributed by atoms with Crippen molar-refractivity contribution in [3.63, 3.8) is 0 Å². The minimum Gasteiger partial charge on any atom is -0.484 e. The number of ether oxygens (including phenoxy) is 8. The molecule has 1 aliphatic carbocycles. The molecular formula is C52H74O14. The van der Waals surface area contributed by atoms with E-state index in [1.165, 1.54) is 14.0 Å². The van der Waals surface area contributed by atoms with E-state index in [2.05, 4.69) is 6.58 Å². The molecule has 4 rings (SSSR count). The van der Waals surface area contributed by atoms with E-state index < -0.39 is 63.0 Å². The molecule has 1 saturated carbocycles. The summed E-state index contributed by atoms with van der Waals surface area (Å²) in [6.07, 6.45) is 7.43. The Hall–Kier alpha value is -4.95. The Kier molecular flexibility index (Phi) is 19.2. The molecule has 366 valence electrons. The maximum atomic E-state index is 14.8. The van der Waals surface area contributed by atoms with E-state index >= 15 is 0 Å². The first kappa shape index (κ1) is 53.7. The highest BCUT2D eigenvalue weighted by Crippen LogP contribution is 2.51. The zero-order chi connectivity index (χ0) is 48.8. The normalized spacial score (nSPS) is 19.8. The molecule has 1 heterocycles. The second-order valence-electron chi connectivity index (χ2n) is 19.9. The van der Waals surface area contributed by atoms with Gasteiger partial charge in [0.15, 0.2) is 6.29 Å². The summed E-state index contributed by atoms with van der Waals surface area (Å²) in [6.45, 7) is 17.8. The van der Waals surface area contributed by atoms with E-state index in [0.29, 0.717) is 18.1 Å². The van der Waals surface area contributed by atoms with Gasteiger partial charge < -0.3 is 43.0 Å². The van der Waals surface area contributed by atoms with Crippen LogP contribution in [0.5, 0.6) is 23.0 Å². The Morgan fingerprint density at radius 3 is 1.77 bits per heavy atom. The Bertz CT molecular complexity index is 1930. The smallest absolute Gasteiger partial charge is 0.317 e. The van der Waals surface area contributed by atoms with Gasteiger partial charge in [-0.25, -0.2) is 0 Å². The molecule has 2 aliphatic rings. The second kappa shape index (κ2) is 23.7. The van der Waals surface area contributed by atoms with Crippen molar-refractivity contribution in [3.8, 4) is 23.0 Å². The summed E-state index contributed by atoms with van der Waals surface area (Å²) >= 11 is 0. The number of hydrogen-bond donors (Lipinski definition) is 1. The van der Waals surface area contributed by atoms with Crippen molar-refractivity contribution < 1.29 is 67.0 Å². The number of esters is 4. The average molecular weight is 923 g/mol. The third kappa shape index (κ3) is 15.3. The molecule has 2 aromatic rings. The SMILES string of the molecule is C=CC(C)(C)Oc1ccc(OC(=O)C(C)(CC)CC(C)(CC(C)(CC(C)(CC(C)C(=O)OC2CCCCC2)C(=O)OCCOC)C(=O)O)C(=O)Oc2ccc(OC3CCCCO3)cc2)cc1. The molecule has 1 saturated heterocycles. The maximum absolute atomic E-state index is 14.8. The molecule has 6 unspecified atom stereocenters. The predicted molar refractivity (Wildman–Crippen MR) is 247 cm³/mol. The molecule has 0 amide bonds. The summed E-state index contributed by atoms with van der Waals surface area (Å²) in [5, 5.41) is 11.2. The number of carbonyl (C=O) groups is 5. The van der Waals surface area contributed by atoms with Gasteiger partial charge in [-0.2, -0.15) is 0 Å². The Morgan fingerprint density at radius 1 is 0.712 bits per heavy atom. The van der Waals surface area contributed by atoms with Crippen LogP contribution in [0.2, 0.25) is 0 Å². The van der Waals surface area contributed by atoms with E-state index in [-0.39, 0.29) is 69.2 Å². The topological polar surface area (TPSA) is 179 Å². The fourth-order valence-corrected chi connectivity index (χ4v) is 9.11. The average Bonchev–Trinajstić information content (AvgIpc) is 3.28. The van der Waals surface area contributed by atoms with Crippen molar-refractivity contribution in [2.45, 2.75) is 157 Å². The van der Waals surface area contributed by atoms with Crippen LogP contribution in [-0.2, 0) is 42.9 Å². The van der Waals surface area contributed by atoms with Crippen molar-refractivity contribution in [2.24, 2.45) is 27.6 Å². The summed E-state index contributed by atoms with van der Waals surface area (Å²) in [5.41, 5.74) is -7.07. The van der Waals surface area contributed by atoms with Crippen molar-refractivity contribution >= 4 is 29.8 Å². The first-order valence-corrected chi connectivity index (χ1v) is 23.4. The molecule has 66 heavy (non-hydrogen) atoms. The summed E-state index contributed by atoms with van der Waals surface area (Å²) in [7, 11) is 1.46. The second-order valence-corrected chi connectivity index (χ2v) is 19.9. The van der Waals surface area contributed by atoms with Gasteiger partial charge in [-0.15, -0.1) is 0 Å². The Morgan fingerprint density at radius 2 is 1.24 bits per heavy atom. The third-order valence-corrected chi connectivity index (χ3v) is 13.0. The quantitative estimate of drug-likeness (QED) is 0.0430. The van der Waals surface area contributed by atoms with E-state index in [1.807, 2.05) is 13.8 Å². The van der Waals surface area contributed by atoms with Crippen LogP contribution in [-0.4, -0.2) is 79.9 Å². The number of benzene rings is 2.